The van der Waals surface area contributed by atoms with Gasteiger partial charge in [-0.05, 0) is 55.8 Å². The summed E-state index contributed by atoms with van der Waals surface area (Å²) < 4.78 is 43.1. The number of pyridine rings is 1. The molecule has 0 amide bonds. The second kappa shape index (κ2) is 5.78. The van der Waals surface area contributed by atoms with Crippen LogP contribution in [0.25, 0.3) is 11.0 Å². The van der Waals surface area contributed by atoms with E-state index in [-0.39, 0.29) is 36.5 Å². The van der Waals surface area contributed by atoms with Crippen LogP contribution in [0.1, 0.15) is 24.1 Å². The number of alkyl halides is 3. The van der Waals surface area contributed by atoms with Crippen LogP contribution in [0.2, 0.25) is 5.28 Å². The van der Waals surface area contributed by atoms with E-state index in [1.807, 2.05) is 19.9 Å². The molecule has 1 saturated carbocycles. The zero-order valence-corrected chi connectivity index (χ0v) is 13.4. The smallest absolute Gasteiger partial charge is 0.391 e. The average molecular weight is 346 g/mol. The average Bonchev–Trinajstić information content (AvgIpc) is 2.37. The van der Waals surface area contributed by atoms with Gasteiger partial charge in [-0.25, -0.2) is 4.98 Å². The molecule has 0 aliphatic heterocycles. The molecule has 0 spiro atoms. The quantitative estimate of drug-likeness (QED) is 0.780. The summed E-state index contributed by atoms with van der Waals surface area (Å²) in [7, 11) is 0. The van der Waals surface area contributed by atoms with Crippen LogP contribution in [-0.4, -0.2) is 27.7 Å². The van der Waals surface area contributed by atoms with Crippen LogP contribution in [-0.2, 0) is 0 Å². The Bertz CT molecular complexity index is 745. The van der Waals surface area contributed by atoms with Gasteiger partial charge in [0.25, 0.3) is 0 Å². The molecule has 4 nitrogen and oxygen atoms in total. The molecule has 1 aliphatic rings. The number of nitrogens with zero attached hydrogens (tertiary/aromatic N) is 3. The molecule has 1 fully saturated rings. The minimum absolute atomic E-state index is 0.00466. The summed E-state index contributed by atoms with van der Waals surface area (Å²) in [5.74, 6) is -1.07. The monoisotopic (exact) mass is 345 g/mol. The highest BCUT2D eigenvalue weighted by Crippen LogP contribution is 2.44. The summed E-state index contributed by atoms with van der Waals surface area (Å²) in [5.41, 5.74) is 2.20. The van der Waals surface area contributed by atoms with Crippen molar-refractivity contribution in [2.24, 2.45) is 11.8 Å². The maximum absolute atomic E-state index is 12.5. The van der Waals surface area contributed by atoms with Crippen molar-refractivity contribution in [2.75, 3.05) is 6.61 Å². The molecule has 124 valence electrons. The standard InChI is InChI=1S/C15H15ClF3N3O/c1-7-3-11-12(20-8(7)2)21-14(16)22-13(11)23-6-9-4-10(5-9)15(17,18)19/h3,9-10H,4-6H2,1-2H3. The van der Waals surface area contributed by atoms with Crippen molar-refractivity contribution in [3.8, 4) is 5.88 Å². The van der Waals surface area contributed by atoms with Crippen LogP contribution in [0.4, 0.5) is 13.2 Å². The molecule has 0 N–H and O–H groups in total. The van der Waals surface area contributed by atoms with E-state index in [4.69, 9.17) is 16.3 Å². The Kier molecular flexibility index (Phi) is 4.08. The lowest BCUT2D eigenvalue weighted by atomic mass is 9.75. The van der Waals surface area contributed by atoms with Crippen LogP contribution in [0.5, 0.6) is 5.88 Å². The minimum atomic E-state index is -4.11. The van der Waals surface area contributed by atoms with Crippen LogP contribution in [0, 0.1) is 25.7 Å². The van der Waals surface area contributed by atoms with E-state index in [9.17, 15) is 13.2 Å². The Morgan fingerprint density at radius 3 is 2.57 bits per heavy atom. The van der Waals surface area contributed by atoms with Gasteiger partial charge >= 0.3 is 6.18 Å². The van der Waals surface area contributed by atoms with Crippen LogP contribution in [0.15, 0.2) is 6.07 Å². The topological polar surface area (TPSA) is 47.9 Å². The van der Waals surface area contributed by atoms with Crippen LogP contribution in [0.3, 0.4) is 0 Å². The second-order valence-corrected chi connectivity index (χ2v) is 6.28. The highest BCUT2D eigenvalue weighted by Gasteiger charge is 2.47. The number of ether oxygens (including phenoxy) is 1. The van der Waals surface area contributed by atoms with Crippen molar-refractivity contribution >= 4 is 22.6 Å². The predicted molar refractivity (Wildman–Crippen MR) is 79.6 cm³/mol. The van der Waals surface area contributed by atoms with Crippen molar-refractivity contribution in [3.05, 3.63) is 22.6 Å². The van der Waals surface area contributed by atoms with E-state index in [1.54, 1.807) is 0 Å². The van der Waals surface area contributed by atoms with Gasteiger partial charge in [-0.1, -0.05) is 0 Å². The summed E-state index contributed by atoms with van der Waals surface area (Å²) >= 11 is 5.87. The molecule has 23 heavy (non-hydrogen) atoms. The van der Waals surface area contributed by atoms with Crippen LogP contribution >= 0.6 is 11.6 Å². The lowest BCUT2D eigenvalue weighted by Gasteiger charge is -2.36. The van der Waals surface area contributed by atoms with Crippen LogP contribution < -0.4 is 4.74 Å². The zero-order chi connectivity index (χ0) is 16.8. The van der Waals surface area contributed by atoms with Gasteiger partial charge in [-0.2, -0.15) is 23.1 Å². The summed E-state index contributed by atoms with van der Waals surface area (Å²) in [6.07, 6.45) is -3.92. The molecule has 8 heteroatoms. The van der Waals surface area contributed by atoms with E-state index in [0.717, 1.165) is 11.3 Å². The third kappa shape index (κ3) is 3.34. The van der Waals surface area contributed by atoms with E-state index < -0.39 is 12.1 Å². The minimum Gasteiger partial charge on any atom is -0.477 e. The Morgan fingerprint density at radius 1 is 1.22 bits per heavy atom. The van der Waals surface area contributed by atoms with E-state index in [0.29, 0.717) is 11.0 Å². The SMILES string of the molecule is Cc1cc2c(OCC3CC(C(F)(F)F)C3)nc(Cl)nc2nc1C. The van der Waals surface area contributed by atoms with E-state index >= 15 is 0 Å². The van der Waals surface area contributed by atoms with Crippen molar-refractivity contribution in [1.82, 2.24) is 15.0 Å². The molecule has 0 unspecified atom stereocenters. The number of hydrogen-bond donors (Lipinski definition) is 0. The Labute approximate surface area is 136 Å². The molecule has 0 saturated heterocycles. The summed E-state index contributed by atoms with van der Waals surface area (Å²) in [6.45, 7) is 3.94. The lowest BCUT2D eigenvalue weighted by molar-refractivity contribution is -0.206. The Hall–Kier alpha value is -1.63. The number of halogens is 4. The molecule has 2 heterocycles. The molecular formula is C15H15ClF3N3O. The number of hydrogen-bond acceptors (Lipinski definition) is 4. The van der Waals surface area contributed by atoms with Crippen molar-refractivity contribution in [2.45, 2.75) is 32.9 Å². The summed E-state index contributed by atoms with van der Waals surface area (Å²) in [5, 5.41) is 0.620. The number of rotatable bonds is 3. The molecular weight excluding hydrogens is 331 g/mol. The molecule has 0 radical (unpaired) electrons. The Morgan fingerprint density at radius 2 is 1.91 bits per heavy atom. The molecule has 2 aromatic rings. The molecule has 3 rings (SSSR count). The highest BCUT2D eigenvalue weighted by molar-refractivity contribution is 6.28. The number of aromatic nitrogens is 3. The first-order valence-electron chi connectivity index (χ1n) is 7.25. The third-order valence-electron chi connectivity index (χ3n) is 4.22. The fourth-order valence-corrected chi connectivity index (χ4v) is 2.79. The first-order chi connectivity index (χ1) is 10.7. The lowest BCUT2D eigenvalue weighted by Crippen LogP contribution is -2.38. The number of aryl methyl sites for hydroxylation is 2. The predicted octanol–water partition coefficient (Wildman–Crippen LogP) is 4.26. The van der Waals surface area contributed by atoms with Gasteiger partial charge < -0.3 is 4.74 Å². The molecule has 0 atom stereocenters. The maximum Gasteiger partial charge on any atom is 0.391 e. The van der Waals surface area contributed by atoms with Gasteiger partial charge in [0.15, 0.2) is 5.65 Å². The number of fused-ring (bicyclic) bond motifs is 1. The highest BCUT2D eigenvalue weighted by atomic mass is 35.5. The van der Waals surface area contributed by atoms with Gasteiger partial charge in [-0.15, -0.1) is 0 Å². The largest absolute Gasteiger partial charge is 0.477 e. The second-order valence-electron chi connectivity index (χ2n) is 5.95. The fourth-order valence-electron chi connectivity index (χ4n) is 2.64. The molecule has 0 aromatic carbocycles. The van der Waals surface area contributed by atoms with Gasteiger partial charge in [0.2, 0.25) is 11.2 Å². The Balaban J connectivity index is 1.75. The third-order valence-corrected chi connectivity index (χ3v) is 4.39. The normalized spacial score (nSPS) is 21.3. The summed E-state index contributed by atoms with van der Waals surface area (Å²) in [6, 6.07) is 1.85. The molecule has 1 aliphatic carbocycles. The molecule has 2 aromatic heterocycles. The van der Waals surface area contributed by atoms with Gasteiger partial charge in [0.05, 0.1) is 17.9 Å². The van der Waals surface area contributed by atoms with Gasteiger partial charge in [0.1, 0.15) is 0 Å². The van der Waals surface area contributed by atoms with Crippen molar-refractivity contribution < 1.29 is 17.9 Å². The van der Waals surface area contributed by atoms with E-state index in [2.05, 4.69) is 15.0 Å². The zero-order valence-electron chi connectivity index (χ0n) is 12.6. The first-order valence-corrected chi connectivity index (χ1v) is 7.63. The molecule has 0 bridgehead atoms. The van der Waals surface area contributed by atoms with Gasteiger partial charge in [0, 0.05) is 5.69 Å². The maximum atomic E-state index is 12.5. The van der Waals surface area contributed by atoms with E-state index in [1.165, 1.54) is 0 Å². The first kappa shape index (κ1) is 16.2. The fraction of sp³-hybridized carbons (Fsp3) is 0.533. The summed E-state index contributed by atoms with van der Waals surface area (Å²) in [4.78, 5) is 12.4. The van der Waals surface area contributed by atoms with Crippen molar-refractivity contribution in [3.63, 3.8) is 0 Å². The van der Waals surface area contributed by atoms with Crippen molar-refractivity contribution in [1.29, 1.82) is 0 Å². The van der Waals surface area contributed by atoms with Gasteiger partial charge in [-0.3, -0.25) is 0 Å².